The van der Waals surface area contributed by atoms with Gasteiger partial charge in [-0.2, -0.15) is 0 Å². The summed E-state index contributed by atoms with van der Waals surface area (Å²) < 4.78 is 13.8. The molecular weight excluding hydrogens is 384 g/mol. The van der Waals surface area contributed by atoms with E-state index in [-0.39, 0.29) is 12.1 Å². The Balaban J connectivity index is 1.86. The van der Waals surface area contributed by atoms with Crippen LogP contribution in [-0.2, 0) is 13.6 Å². The van der Waals surface area contributed by atoms with Crippen LogP contribution in [0, 0.1) is 20.8 Å². The van der Waals surface area contributed by atoms with Gasteiger partial charge in [0, 0.05) is 12.7 Å². The smallest absolute Gasteiger partial charge is 0.332 e. The third-order valence-corrected chi connectivity index (χ3v) is 5.16. The summed E-state index contributed by atoms with van der Waals surface area (Å²) in [5.74, 6) is 1.53. The van der Waals surface area contributed by atoms with E-state index >= 15 is 0 Å². The highest BCUT2D eigenvalue weighted by Gasteiger charge is 2.19. The van der Waals surface area contributed by atoms with E-state index in [9.17, 15) is 9.59 Å². The molecule has 4 rings (SSSR count). The van der Waals surface area contributed by atoms with Crippen LogP contribution in [0.3, 0.4) is 0 Å². The van der Waals surface area contributed by atoms with Gasteiger partial charge in [0.25, 0.3) is 5.56 Å². The van der Waals surface area contributed by atoms with Gasteiger partial charge in [0.1, 0.15) is 22.9 Å². The highest BCUT2D eigenvalue weighted by Crippen LogP contribution is 2.30. The van der Waals surface area contributed by atoms with Crippen LogP contribution in [0.4, 0.5) is 0 Å². The molecule has 0 amide bonds. The van der Waals surface area contributed by atoms with E-state index in [4.69, 9.17) is 9.15 Å². The number of methoxy groups -OCH3 is 1. The Morgan fingerprint density at radius 2 is 1.83 bits per heavy atom. The first-order valence-electron chi connectivity index (χ1n) is 9.49. The zero-order valence-electron chi connectivity index (χ0n) is 17.5. The maximum atomic E-state index is 13.2. The summed E-state index contributed by atoms with van der Waals surface area (Å²) in [6.45, 7) is 5.43. The molecule has 0 saturated carbocycles. The van der Waals surface area contributed by atoms with Crippen LogP contribution >= 0.6 is 0 Å². The standard InChI is InChI=1S/C22H22N4O4/c1-12-10-13(2)23-19-18(12)21(27)26(22(28)25(19)4)11-16-14(3)30-20(24-16)15-8-6-7-9-17(15)29-5/h6-10H,11H2,1-5H3. The largest absolute Gasteiger partial charge is 0.496 e. The van der Waals surface area contributed by atoms with Crippen molar-refractivity contribution in [3.8, 4) is 17.2 Å². The van der Waals surface area contributed by atoms with Crippen LogP contribution in [0.5, 0.6) is 5.75 Å². The molecule has 8 nitrogen and oxygen atoms in total. The topological polar surface area (TPSA) is 92.2 Å². The summed E-state index contributed by atoms with van der Waals surface area (Å²) in [5, 5.41) is 0.425. The fourth-order valence-electron chi connectivity index (χ4n) is 3.62. The second kappa shape index (κ2) is 7.29. The Kier molecular flexibility index (Phi) is 4.77. The zero-order valence-corrected chi connectivity index (χ0v) is 17.5. The molecule has 1 aromatic carbocycles. The maximum absolute atomic E-state index is 13.2. The molecule has 3 heterocycles. The highest BCUT2D eigenvalue weighted by atomic mass is 16.5. The number of benzene rings is 1. The molecule has 0 aliphatic carbocycles. The van der Waals surface area contributed by atoms with Crippen LogP contribution in [0.25, 0.3) is 22.5 Å². The van der Waals surface area contributed by atoms with E-state index in [1.54, 1.807) is 21.1 Å². The molecule has 0 atom stereocenters. The number of hydrogen-bond donors (Lipinski definition) is 0. The fourth-order valence-corrected chi connectivity index (χ4v) is 3.62. The lowest BCUT2D eigenvalue weighted by Gasteiger charge is -2.11. The van der Waals surface area contributed by atoms with Crippen molar-refractivity contribution in [1.82, 2.24) is 19.1 Å². The van der Waals surface area contributed by atoms with Crippen LogP contribution in [0.1, 0.15) is 22.7 Å². The molecule has 0 N–H and O–H groups in total. The molecule has 3 aromatic heterocycles. The number of fused-ring (bicyclic) bond motifs is 1. The quantitative estimate of drug-likeness (QED) is 0.517. The average Bonchev–Trinajstić information content (AvgIpc) is 3.09. The normalized spacial score (nSPS) is 11.2. The number of aryl methyl sites for hydroxylation is 4. The van der Waals surface area contributed by atoms with Gasteiger partial charge in [0.15, 0.2) is 0 Å². The minimum Gasteiger partial charge on any atom is -0.496 e. The van der Waals surface area contributed by atoms with Crippen molar-refractivity contribution in [3.05, 3.63) is 73.9 Å². The number of ether oxygens (including phenoxy) is 1. The molecule has 4 aromatic rings. The lowest BCUT2D eigenvalue weighted by atomic mass is 10.1. The van der Waals surface area contributed by atoms with E-state index in [1.165, 1.54) is 9.13 Å². The predicted octanol–water partition coefficient (Wildman–Crippen LogP) is 2.73. The lowest BCUT2D eigenvalue weighted by molar-refractivity contribution is 0.414. The van der Waals surface area contributed by atoms with Gasteiger partial charge in [0.2, 0.25) is 5.89 Å². The number of oxazole rings is 1. The Bertz CT molecular complexity index is 1400. The molecule has 0 saturated heterocycles. The first-order chi connectivity index (χ1) is 14.3. The third kappa shape index (κ3) is 3.10. The Hall–Kier alpha value is -3.68. The van der Waals surface area contributed by atoms with Gasteiger partial charge in [-0.3, -0.25) is 13.9 Å². The summed E-state index contributed by atoms with van der Waals surface area (Å²) in [6, 6.07) is 9.20. The second-order valence-corrected chi connectivity index (χ2v) is 7.23. The lowest BCUT2D eigenvalue weighted by Crippen LogP contribution is -2.40. The molecule has 0 fully saturated rings. The Labute approximate surface area is 172 Å². The van der Waals surface area contributed by atoms with Crippen molar-refractivity contribution in [2.24, 2.45) is 7.05 Å². The van der Waals surface area contributed by atoms with E-state index in [0.29, 0.717) is 39.7 Å². The van der Waals surface area contributed by atoms with Crippen LogP contribution in [0.15, 0.2) is 44.3 Å². The zero-order chi connectivity index (χ0) is 21.6. The van der Waals surface area contributed by atoms with E-state index in [1.807, 2.05) is 44.2 Å². The molecule has 0 unspecified atom stereocenters. The number of hydrogen-bond acceptors (Lipinski definition) is 6. The predicted molar refractivity (Wildman–Crippen MR) is 113 cm³/mol. The minimum atomic E-state index is -0.453. The van der Waals surface area contributed by atoms with Crippen molar-refractivity contribution in [3.63, 3.8) is 0 Å². The summed E-state index contributed by atoms with van der Waals surface area (Å²) in [4.78, 5) is 35.0. The van der Waals surface area contributed by atoms with Crippen LogP contribution < -0.4 is 16.0 Å². The summed E-state index contributed by atoms with van der Waals surface area (Å²) in [6.07, 6.45) is 0. The van der Waals surface area contributed by atoms with Crippen molar-refractivity contribution in [1.29, 1.82) is 0 Å². The minimum absolute atomic E-state index is 0.000749. The molecule has 0 aliphatic heterocycles. The van der Waals surface area contributed by atoms with Gasteiger partial charge < -0.3 is 9.15 Å². The first-order valence-corrected chi connectivity index (χ1v) is 9.49. The molecule has 154 valence electrons. The van der Waals surface area contributed by atoms with E-state index < -0.39 is 5.69 Å². The number of nitrogens with zero attached hydrogens (tertiary/aromatic N) is 4. The Morgan fingerprint density at radius 3 is 2.57 bits per heavy atom. The van der Waals surface area contributed by atoms with E-state index in [2.05, 4.69) is 9.97 Å². The third-order valence-electron chi connectivity index (χ3n) is 5.16. The first kappa shape index (κ1) is 19.6. The molecule has 0 radical (unpaired) electrons. The average molecular weight is 406 g/mol. The van der Waals surface area contributed by atoms with Crippen molar-refractivity contribution in [2.75, 3.05) is 7.11 Å². The number of aromatic nitrogens is 4. The number of rotatable bonds is 4. The van der Waals surface area contributed by atoms with Gasteiger partial charge in [-0.05, 0) is 44.5 Å². The van der Waals surface area contributed by atoms with Crippen LogP contribution in [-0.4, -0.2) is 26.2 Å². The molecule has 8 heteroatoms. The molecule has 0 bridgehead atoms. The van der Waals surface area contributed by atoms with Gasteiger partial charge in [-0.15, -0.1) is 0 Å². The van der Waals surface area contributed by atoms with Crippen molar-refractivity contribution in [2.45, 2.75) is 27.3 Å². The molecule has 30 heavy (non-hydrogen) atoms. The SMILES string of the molecule is COc1ccccc1-c1nc(Cn2c(=O)c3c(C)cc(C)nc3n(C)c2=O)c(C)o1. The van der Waals surface area contributed by atoms with Gasteiger partial charge in [0.05, 0.1) is 24.6 Å². The van der Waals surface area contributed by atoms with Crippen molar-refractivity contribution < 1.29 is 9.15 Å². The fraction of sp³-hybridized carbons (Fsp3) is 0.273. The van der Waals surface area contributed by atoms with E-state index in [0.717, 1.165) is 11.3 Å². The number of para-hydroxylation sites is 1. The van der Waals surface area contributed by atoms with Gasteiger partial charge in [-0.1, -0.05) is 12.1 Å². The monoisotopic (exact) mass is 406 g/mol. The maximum Gasteiger partial charge on any atom is 0.332 e. The van der Waals surface area contributed by atoms with Gasteiger partial charge in [-0.25, -0.2) is 14.8 Å². The number of pyridine rings is 1. The summed E-state index contributed by atoms with van der Waals surface area (Å²) >= 11 is 0. The van der Waals surface area contributed by atoms with Crippen LogP contribution in [0.2, 0.25) is 0 Å². The summed E-state index contributed by atoms with van der Waals surface area (Å²) in [7, 11) is 3.19. The second-order valence-electron chi connectivity index (χ2n) is 7.23. The Morgan fingerprint density at radius 1 is 1.10 bits per heavy atom. The van der Waals surface area contributed by atoms with Gasteiger partial charge >= 0.3 is 5.69 Å². The molecular formula is C22H22N4O4. The molecule has 0 aliphatic rings. The molecule has 0 spiro atoms. The highest BCUT2D eigenvalue weighted by molar-refractivity contribution is 5.78. The summed E-state index contributed by atoms with van der Waals surface area (Å²) in [5.41, 5.74) is 2.27. The van der Waals surface area contributed by atoms with Crippen molar-refractivity contribution >= 4 is 11.0 Å².